The maximum atomic E-state index is 12.7. The molecule has 0 bridgehead atoms. The zero-order chi connectivity index (χ0) is 18.7. The molecule has 2 heterocycles. The van der Waals surface area contributed by atoms with E-state index in [1.54, 1.807) is 19.2 Å². The van der Waals surface area contributed by atoms with Gasteiger partial charge >= 0.3 is 0 Å². The molecule has 0 aliphatic carbocycles. The molecule has 2 atom stereocenters. The lowest BCUT2D eigenvalue weighted by Gasteiger charge is -2.31. The molecule has 0 saturated carbocycles. The average Bonchev–Trinajstić information content (AvgIpc) is 2.64. The van der Waals surface area contributed by atoms with Crippen LogP contribution in [0.3, 0.4) is 0 Å². The van der Waals surface area contributed by atoms with Crippen LogP contribution in [0.2, 0.25) is 5.02 Å². The van der Waals surface area contributed by atoms with Crippen molar-refractivity contribution >= 4 is 40.0 Å². The standard InChI is InChI=1S/C18H22ClN3O3S/c1-25-16-4-3-5-20-15(16)6-11(23)9-22-10-21-14-8-17(26-2)13(19)7-12(14)18(22)24/h7-8,10,15-16,20H,3-6,9H2,1-2H3/t15-,16+/m1/s1. The van der Waals surface area contributed by atoms with E-state index in [4.69, 9.17) is 16.3 Å². The molecule has 1 aromatic carbocycles. The summed E-state index contributed by atoms with van der Waals surface area (Å²) in [5.74, 6) is -0.0264. The molecule has 1 N–H and O–H groups in total. The summed E-state index contributed by atoms with van der Waals surface area (Å²) < 4.78 is 6.81. The van der Waals surface area contributed by atoms with Crippen LogP contribution in [0.15, 0.2) is 28.2 Å². The van der Waals surface area contributed by atoms with Crippen molar-refractivity contribution in [1.82, 2.24) is 14.9 Å². The largest absolute Gasteiger partial charge is 0.380 e. The van der Waals surface area contributed by atoms with Crippen LogP contribution in [0, 0.1) is 0 Å². The molecule has 1 aliphatic heterocycles. The van der Waals surface area contributed by atoms with Crippen LogP contribution in [0.4, 0.5) is 0 Å². The number of ether oxygens (including phenoxy) is 1. The van der Waals surface area contributed by atoms with Crippen molar-refractivity contribution < 1.29 is 9.53 Å². The van der Waals surface area contributed by atoms with E-state index < -0.39 is 0 Å². The van der Waals surface area contributed by atoms with Crippen LogP contribution in [0.1, 0.15) is 19.3 Å². The maximum Gasteiger partial charge on any atom is 0.261 e. The first-order valence-electron chi connectivity index (χ1n) is 8.54. The molecule has 3 rings (SSSR count). The zero-order valence-electron chi connectivity index (χ0n) is 14.8. The fourth-order valence-electron chi connectivity index (χ4n) is 3.34. The van der Waals surface area contributed by atoms with Gasteiger partial charge < -0.3 is 10.1 Å². The highest BCUT2D eigenvalue weighted by atomic mass is 35.5. The van der Waals surface area contributed by atoms with E-state index in [0.29, 0.717) is 22.3 Å². The van der Waals surface area contributed by atoms with Gasteiger partial charge in [0.2, 0.25) is 0 Å². The van der Waals surface area contributed by atoms with Gasteiger partial charge in [-0.3, -0.25) is 14.2 Å². The molecule has 26 heavy (non-hydrogen) atoms. The normalized spacial score (nSPS) is 20.4. The van der Waals surface area contributed by atoms with Crippen molar-refractivity contribution in [3.05, 3.63) is 33.8 Å². The third kappa shape index (κ3) is 4.11. The van der Waals surface area contributed by atoms with Gasteiger partial charge in [0.1, 0.15) is 0 Å². The first-order chi connectivity index (χ1) is 12.5. The Labute approximate surface area is 161 Å². The van der Waals surface area contributed by atoms with E-state index in [2.05, 4.69) is 10.3 Å². The van der Waals surface area contributed by atoms with Crippen molar-refractivity contribution in [2.24, 2.45) is 0 Å². The number of carbonyl (C=O) groups excluding carboxylic acids is 1. The number of aromatic nitrogens is 2. The molecule has 1 aliphatic rings. The van der Waals surface area contributed by atoms with Crippen molar-refractivity contribution in [3.8, 4) is 0 Å². The van der Waals surface area contributed by atoms with E-state index >= 15 is 0 Å². The SMILES string of the molecule is CO[C@H]1CCCN[C@@H]1CC(=O)Cn1cnc2cc(SC)c(Cl)cc2c1=O. The number of carbonyl (C=O) groups is 1. The smallest absolute Gasteiger partial charge is 0.261 e. The summed E-state index contributed by atoms with van der Waals surface area (Å²) in [6.07, 6.45) is 5.69. The number of fused-ring (bicyclic) bond motifs is 1. The topological polar surface area (TPSA) is 73.2 Å². The predicted octanol–water partition coefficient (Wildman–Crippen LogP) is 2.50. The second-order valence-electron chi connectivity index (χ2n) is 6.40. The Bertz CT molecular complexity index is 871. The van der Waals surface area contributed by atoms with Gasteiger partial charge in [0.25, 0.3) is 5.56 Å². The van der Waals surface area contributed by atoms with Gasteiger partial charge in [-0.25, -0.2) is 4.98 Å². The quantitative estimate of drug-likeness (QED) is 0.757. The van der Waals surface area contributed by atoms with E-state index in [9.17, 15) is 9.59 Å². The van der Waals surface area contributed by atoms with Gasteiger partial charge in [-0.2, -0.15) is 0 Å². The number of methoxy groups -OCH3 is 1. The lowest BCUT2D eigenvalue weighted by Crippen LogP contribution is -2.47. The van der Waals surface area contributed by atoms with Crippen molar-refractivity contribution in [2.45, 2.75) is 42.8 Å². The third-order valence-corrected chi connectivity index (χ3v) is 5.92. The Kier molecular flexibility index (Phi) is 6.34. The Hall–Kier alpha value is -1.41. The molecule has 0 unspecified atom stereocenters. The monoisotopic (exact) mass is 395 g/mol. The Morgan fingerprint density at radius 2 is 2.31 bits per heavy atom. The van der Waals surface area contributed by atoms with Gasteiger partial charge in [-0.1, -0.05) is 11.6 Å². The molecule has 1 saturated heterocycles. The molecule has 1 fully saturated rings. The molecule has 0 spiro atoms. The number of hydrogen-bond acceptors (Lipinski definition) is 6. The highest BCUT2D eigenvalue weighted by molar-refractivity contribution is 7.98. The van der Waals surface area contributed by atoms with E-state index in [-0.39, 0.29) is 30.0 Å². The van der Waals surface area contributed by atoms with Crippen LogP contribution in [-0.4, -0.2) is 47.4 Å². The van der Waals surface area contributed by atoms with Crippen LogP contribution < -0.4 is 10.9 Å². The third-order valence-electron chi connectivity index (χ3n) is 4.72. The number of nitrogens with zero attached hydrogens (tertiary/aromatic N) is 2. The minimum atomic E-state index is -0.252. The minimum absolute atomic E-state index is 0.00170. The van der Waals surface area contributed by atoms with Crippen LogP contribution in [0.25, 0.3) is 10.9 Å². The lowest BCUT2D eigenvalue weighted by atomic mass is 9.96. The molecule has 0 amide bonds. The fourth-order valence-corrected chi connectivity index (χ4v) is 4.22. The van der Waals surface area contributed by atoms with Crippen molar-refractivity contribution in [2.75, 3.05) is 19.9 Å². The summed E-state index contributed by atoms with van der Waals surface area (Å²) in [5.41, 5.74) is 0.332. The second kappa shape index (κ2) is 8.52. The van der Waals surface area contributed by atoms with Gasteiger partial charge in [-0.15, -0.1) is 11.8 Å². The maximum absolute atomic E-state index is 12.7. The Balaban J connectivity index is 1.79. The summed E-state index contributed by atoms with van der Waals surface area (Å²) >= 11 is 7.71. The van der Waals surface area contributed by atoms with Crippen LogP contribution >= 0.6 is 23.4 Å². The molecule has 0 radical (unpaired) electrons. The molecule has 8 heteroatoms. The van der Waals surface area contributed by atoms with Crippen molar-refractivity contribution in [1.29, 1.82) is 0 Å². The molecule has 1 aromatic heterocycles. The van der Waals surface area contributed by atoms with Crippen LogP contribution in [0.5, 0.6) is 0 Å². The van der Waals surface area contributed by atoms with Gasteiger partial charge in [-0.05, 0) is 37.8 Å². The number of rotatable bonds is 6. The number of benzene rings is 1. The average molecular weight is 396 g/mol. The first-order valence-corrected chi connectivity index (χ1v) is 10.1. The van der Waals surface area contributed by atoms with Gasteiger partial charge in [0.05, 0.1) is 34.9 Å². The summed E-state index contributed by atoms with van der Waals surface area (Å²) in [4.78, 5) is 30.4. The Morgan fingerprint density at radius 1 is 1.50 bits per heavy atom. The highest BCUT2D eigenvalue weighted by Gasteiger charge is 2.26. The predicted molar refractivity (Wildman–Crippen MR) is 104 cm³/mol. The summed E-state index contributed by atoms with van der Waals surface area (Å²) in [6.45, 7) is 0.879. The summed E-state index contributed by atoms with van der Waals surface area (Å²) in [7, 11) is 1.67. The van der Waals surface area contributed by atoms with Gasteiger partial charge in [0, 0.05) is 24.5 Å². The minimum Gasteiger partial charge on any atom is -0.380 e. The molecular weight excluding hydrogens is 374 g/mol. The van der Waals surface area contributed by atoms with E-state index in [0.717, 1.165) is 24.3 Å². The Morgan fingerprint density at radius 3 is 3.04 bits per heavy atom. The summed E-state index contributed by atoms with van der Waals surface area (Å²) in [6, 6.07) is 3.41. The number of halogens is 1. The highest BCUT2D eigenvalue weighted by Crippen LogP contribution is 2.28. The number of hydrogen-bond donors (Lipinski definition) is 1. The lowest BCUT2D eigenvalue weighted by molar-refractivity contribution is -0.121. The second-order valence-corrected chi connectivity index (χ2v) is 7.66. The fraction of sp³-hybridized carbons (Fsp3) is 0.500. The summed E-state index contributed by atoms with van der Waals surface area (Å²) in [5, 5.41) is 4.27. The molecular formula is C18H22ClN3O3S. The molecule has 140 valence electrons. The molecule has 6 nitrogen and oxygen atoms in total. The van der Waals surface area contributed by atoms with Crippen molar-refractivity contribution in [3.63, 3.8) is 0 Å². The molecule has 2 aromatic rings. The number of nitrogens with one attached hydrogen (secondary N) is 1. The van der Waals surface area contributed by atoms with E-state index in [1.165, 1.54) is 22.7 Å². The van der Waals surface area contributed by atoms with Crippen LogP contribution in [-0.2, 0) is 16.1 Å². The first kappa shape index (κ1) is 19.4. The van der Waals surface area contributed by atoms with E-state index in [1.807, 2.05) is 6.26 Å². The number of piperidine rings is 1. The zero-order valence-corrected chi connectivity index (χ0v) is 16.4. The number of Topliss-reactive ketones (excluding diaryl/α,β-unsaturated/α-hetero) is 1. The number of ketones is 1. The van der Waals surface area contributed by atoms with Gasteiger partial charge in [0.15, 0.2) is 5.78 Å². The number of thioether (sulfide) groups is 1.